The van der Waals surface area contributed by atoms with Crippen LogP contribution in [0.15, 0.2) is 28.7 Å². The molecule has 3 rings (SSSR count). The number of H-pyrrole nitrogens is 1. The van der Waals surface area contributed by atoms with Crippen LogP contribution in [0.25, 0.3) is 11.5 Å². The summed E-state index contributed by atoms with van der Waals surface area (Å²) in [6.45, 7) is 0.544. The topological polar surface area (TPSA) is 62.1 Å². The third-order valence-corrected chi connectivity index (χ3v) is 3.41. The summed E-state index contributed by atoms with van der Waals surface area (Å²) in [6, 6.07) is 7.35. The molecule has 98 valence electrons. The Morgan fingerprint density at radius 2 is 2.16 bits per heavy atom. The molecule has 1 fully saturated rings. The third-order valence-electron chi connectivity index (χ3n) is 2.94. The van der Waals surface area contributed by atoms with Crippen molar-refractivity contribution in [2.75, 3.05) is 11.4 Å². The predicted octanol–water partition coefficient (Wildman–Crippen LogP) is 2.74. The largest absolute Gasteiger partial charge is 0.409 e. The number of nitrogens with one attached hydrogen (secondary N) is 1. The van der Waals surface area contributed by atoms with Crippen LogP contribution in [0.1, 0.15) is 6.42 Å². The molecule has 1 amide bonds. The van der Waals surface area contributed by atoms with Gasteiger partial charge in [-0.1, -0.05) is 0 Å². The van der Waals surface area contributed by atoms with Crippen molar-refractivity contribution in [3.8, 4) is 11.5 Å². The minimum atomic E-state index is -0.115. The first kappa shape index (κ1) is 12.4. The smallest absolute Gasteiger partial charge is 0.284 e. The van der Waals surface area contributed by atoms with Gasteiger partial charge in [-0.15, -0.1) is 16.7 Å². The van der Waals surface area contributed by atoms with Crippen molar-refractivity contribution in [3.63, 3.8) is 0 Å². The SMILES string of the molecule is O=C1CC(Cl)CN1c1ccc(-c2n[nH]c(=S)o2)cc1. The molecule has 1 aromatic carbocycles. The molecule has 0 spiro atoms. The lowest BCUT2D eigenvalue weighted by molar-refractivity contribution is -0.117. The lowest BCUT2D eigenvalue weighted by Crippen LogP contribution is -2.24. The quantitative estimate of drug-likeness (QED) is 0.683. The zero-order chi connectivity index (χ0) is 13.4. The number of carbonyl (C=O) groups excluding carboxylic acids is 1. The third kappa shape index (κ3) is 2.41. The van der Waals surface area contributed by atoms with Gasteiger partial charge in [0.1, 0.15) is 0 Å². The number of aromatic nitrogens is 2. The summed E-state index contributed by atoms with van der Waals surface area (Å²) in [4.78, 5) is 13.7. The average Bonchev–Trinajstić information content (AvgIpc) is 2.96. The number of aromatic amines is 1. The van der Waals surface area contributed by atoms with Gasteiger partial charge in [-0.25, -0.2) is 5.10 Å². The maximum atomic E-state index is 11.7. The second kappa shape index (κ2) is 4.79. The van der Waals surface area contributed by atoms with Crippen molar-refractivity contribution in [3.05, 3.63) is 29.1 Å². The van der Waals surface area contributed by atoms with Crippen LogP contribution < -0.4 is 4.90 Å². The van der Waals surface area contributed by atoms with Crippen molar-refractivity contribution in [1.29, 1.82) is 0 Å². The summed E-state index contributed by atoms with van der Waals surface area (Å²) in [7, 11) is 0. The monoisotopic (exact) mass is 295 g/mol. The molecule has 7 heteroatoms. The average molecular weight is 296 g/mol. The Morgan fingerprint density at radius 3 is 2.68 bits per heavy atom. The number of hydrogen-bond donors (Lipinski definition) is 1. The van der Waals surface area contributed by atoms with Crippen molar-refractivity contribution in [1.82, 2.24) is 10.2 Å². The van der Waals surface area contributed by atoms with Gasteiger partial charge < -0.3 is 9.32 Å². The number of anilines is 1. The van der Waals surface area contributed by atoms with Gasteiger partial charge in [0, 0.05) is 24.2 Å². The van der Waals surface area contributed by atoms with Crippen molar-refractivity contribution < 1.29 is 9.21 Å². The highest BCUT2D eigenvalue weighted by molar-refractivity contribution is 7.71. The second-order valence-electron chi connectivity index (χ2n) is 4.27. The number of rotatable bonds is 2. The number of alkyl halides is 1. The number of halogens is 1. The molecular weight excluding hydrogens is 286 g/mol. The number of carbonyl (C=O) groups is 1. The highest BCUT2D eigenvalue weighted by atomic mass is 35.5. The fourth-order valence-corrected chi connectivity index (χ4v) is 2.45. The van der Waals surface area contributed by atoms with E-state index in [-0.39, 0.29) is 16.1 Å². The van der Waals surface area contributed by atoms with Crippen LogP contribution in [-0.2, 0) is 4.79 Å². The van der Waals surface area contributed by atoms with E-state index >= 15 is 0 Å². The van der Waals surface area contributed by atoms with E-state index in [1.807, 2.05) is 24.3 Å². The highest BCUT2D eigenvalue weighted by Gasteiger charge is 2.28. The molecule has 1 aliphatic heterocycles. The number of nitrogens with zero attached hydrogens (tertiary/aromatic N) is 2. The lowest BCUT2D eigenvalue weighted by Gasteiger charge is -2.15. The van der Waals surface area contributed by atoms with Crippen molar-refractivity contribution >= 4 is 35.4 Å². The maximum Gasteiger partial charge on any atom is 0.284 e. The minimum Gasteiger partial charge on any atom is -0.409 e. The van der Waals surface area contributed by atoms with Gasteiger partial charge >= 0.3 is 0 Å². The molecule has 2 aromatic rings. The van der Waals surface area contributed by atoms with Crippen molar-refractivity contribution in [2.24, 2.45) is 0 Å². The standard InChI is InChI=1S/C12H10ClN3O2S/c13-8-5-10(17)16(6-8)9-3-1-7(2-4-9)11-14-15-12(19)18-11/h1-4,8H,5-6H2,(H,15,19). The fraction of sp³-hybridized carbons (Fsp3) is 0.250. The summed E-state index contributed by atoms with van der Waals surface area (Å²) in [6.07, 6.45) is 0.386. The van der Waals surface area contributed by atoms with E-state index in [1.165, 1.54) is 0 Å². The van der Waals surface area contributed by atoms with E-state index in [1.54, 1.807) is 4.90 Å². The van der Waals surface area contributed by atoms with E-state index in [0.717, 1.165) is 11.3 Å². The van der Waals surface area contributed by atoms with E-state index < -0.39 is 0 Å². The summed E-state index contributed by atoms with van der Waals surface area (Å²) >= 11 is 10.8. The Hall–Kier alpha value is -1.66. The molecule has 0 saturated carbocycles. The molecule has 2 heterocycles. The van der Waals surface area contributed by atoms with Gasteiger partial charge in [-0.05, 0) is 36.5 Å². The van der Waals surface area contributed by atoms with Crippen LogP contribution in [0.3, 0.4) is 0 Å². The minimum absolute atomic E-state index is 0.0463. The molecule has 0 bridgehead atoms. The summed E-state index contributed by atoms with van der Waals surface area (Å²) in [5.74, 6) is 0.476. The normalized spacial score (nSPS) is 19.1. The van der Waals surface area contributed by atoms with Gasteiger partial charge in [0.25, 0.3) is 4.84 Å². The van der Waals surface area contributed by atoms with Gasteiger partial charge in [0.05, 0.1) is 5.38 Å². The van der Waals surface area contributed by atoms with Crippen LogP contribution in [0.2, 0.25) is 0 Å². The second-order valence-corrected chi connectivity index (χ2v) is 5.26. The Kier molecular flexibility index (Phi) is 3.12. The Morgan fingerprint density at radius 1 is 1.42 bits per heavy atom. The highest BCUT2D eigenvalue weighted by Crippen LogP contribution is 2.26. The van der Waals surface area contributed by atoms with E-state index in [9.17, 15) is 4.79 Å². The Labute approximate surface area is 119 Å². The fourth-order valence-electron chi connectivity index (χ4n) is 2.05. The molecule has 0 radical (unpaired) electrons. The Bertz CT molecular complexity index is 664. The molecule has 5 nitrogen and oxygen atoms in total. The molecule has 1 atom stereocenters. The molecule has 1 unspecified atom stereocenters. The first-order chi connectivity index (χ1) is 9.13. The number of hydrogen-bond acceptors (Lipinski definition) is 4. The van der Waals surface area contributed by atoms with E-state index in [2.05, 4.69) is 10.2 Å². The predicted molar refractivity (Wildman–Crippen MR) is 73.7 cm³/mol. The molecule has 0 aliphatic carbocycles. The van der Waals surface area contributed by atoms with Crippen LogP contribution in [0.4, 0.5) is 5.69 Å². The molecule has 1 aromatic heterocycles. The van der Waals surface area contributed by atoms with Gasteiger partial charge in [0.2, 0.25) is 11.8 Å². The Balaban J connectivity index is 1.87. The molecule has 19 heavy (non-hydrogen) atoms. The van der Waals surface area contributed by atoms with Gasteiger partial charge in [0.15, 0.2) is 0 Å². The first-order valence-corrected chi connectivity index (χ1v) is 6.58. The molecular formula is C12H10ClN3O2S. The molecule has 1 N–H and O–H groups in total. The number of benzene rings is 1. The maximum absolute atomic E-state index is 11.7. The van der Waals surface area contributed by atoms with Crippen LogP contribution >= 0.6 is 23.8 Å². The van der Waals surface area contributed by atoms with Crippen LogP contribution in [0.5, 0.6) is 0 Å². The van der Waals surface area contributed by atoms with Gasteiger partial charge in [-0.2, -0.15) is 0 Å². The number of amides is 1. The van der Waals surface area contributed by atoms with Crippen LogP contribution in [0, 0.1) is 4.84 Å². The van der Waals surface area contributed by atoms with Crippen molar-refractivity contribution in [2.45, 2.75) is 11.8 Å². The van der Waals surface area contributed by atoms with E-state index in [4.69, 9.17) is 28.2 Å². The zero-order valence-electron chi connectivity index (χ0n) is 9.80. The zero-order valence-corrected chi connectivity index (χ0v) is 11.4. The molecule has 1 aliphatic rings. The lowest BCUT2D eigenvalue weighted by atomic mass is 10.2. The van der Waals surface area contributed by atoms with Crippen LogP contribution in [-0.4, -0.2) is 28.0 Å². The molecule has 1 saturated heterocycles. The van der Waals surface area contributed by atoms with E-state index in [0.29, 0.717) is 18.9 Å². The summed E-state index contributed by atoms with van der Waals surface area (Å²) < 4.78 is 5.22. The summed E-state index contributed by atoms with van der Waals surface area (Å²) in [5, 5.41) is 6.39. The summed E-state index contributed by atoms with van der Waals surface area (Å²) in [5.41, 5.74) is 1.62. The van der Waals surface area contributed by atoms with Gasteiger partial charge in [-0.3, -0.25) is 4.79 Å². The first-order valence-electron chi connectivity index (χ1n) is 5.74.